The molecule has 7 heteroatoms. The standard InChI is InChI=1S/C47H28N6S/c1-2-12-29(13-3-1)51-38-25-26-48-28-36(38)34-22-23-41-44(45(34)51)50-47-52(39-19-9-10-20-40(39)53(41)47)37-18-8-6-15-31(37)30-14-4-5-17-33(30)43-46-35(24-27-49-43)32-16-7-11-21-42(32)54-46/h1-28H. The minimum Gasteiger partial charge on any atom is -0.307 e. The second kappa shape index (κ2) is 11.2. The van der Waals surface area contributed by atoms with E-state index in [-0.39, 0.29) is 0 Å². The van der Waals surface area contributed by atoms with Gasteiger partial charge in [0, 0.05) is 61.6 Å². The first-order valence-electron chi connectivity index (χ1n) is 18.0. The van der Waals surface area contributed by atoms with E-state index in [0.717, 1.165) is 83.4 Å². The summed E-state index contributed by atoms with van der Waals surface area (Å²) < 4.78 is 9.45. The normalized spacial score (nSPS) is 12.1. The lowest BCUT2D eigenvalue weighted by molar-refractivity contribution is 1.11. The highest BCUT2D eigenvalue weighted by molar-refractivity contribution is 7.26. The van der Waals surface area contributed by atoms with Crippen LogP contribution in [0.2, 0.25) is 0 Å². The number of hydrogen-bond acceptors (Lipinski definition) is 4. The fourth-order valence-corrected chi connectivity index (χ4v) is 9.76. The van der Waals surface area contributed by atoms with Gasteiger partial charge in [-0.2, -0.15) is 0 Å². The molecule has 0 radical (unpaired) electrons. The number of hydrogen-bond donors (Lipinski definition) is 0. The Morgan fingerprint density at radius 2 is 1.24 bits per heavy atom. The van der Waals surface area contributed by atoms with Gasteiger partial charge in [-0.15, -0.1) is 11.3 Å². The zero-order valence-electron chi connectivity index (χ0n) is 28.8. The lowest BCUT2D eigenvalue weighted by Crippen LogP contribution is -1.99. The van der Waals surface area contributed by atoms with E-state index in [1.807, 2.05) is 29.9 Å². The molecule has 0 saturated carbocycles. The molecule has 6 aromatic heterocycles. The predicted molar refractivity (Wildman–Crippen MR) is 223 cm³/mol. The summed E-state index contributed by atoms with van der Waals surface area (Å²) in [6.07, 6.45) is 5.79. The van der Waals surface area contributed by atoms with Crippen molar-refractivity contribution in [3.05, 3.63) is 170 Å². The highest BCUT2D eigenvalue weighted by Crippen LogP contribution is 2.44. The number of imidazole rings is 2. The number of rotatable bonds is 4. The second-order valence-electron chi connectivity index (χ2n) is 13.7. The lowest BCUT2D eigenvalue weighted by Gasteiger charge is -2.16. The van der Waals surface area contributed by atoms with Crippen molar-refractivity contribution in [3.8, 4) is 33.8 Å². The topological polar surface area (TPSA) is 52.9 Å². The van der Waals surface area contributed by atoms with Gasteiger partial charge >= 0.3 is 0 Å². The maximum Gasteiger partial charge on any atom is 0.220 e. The first-order chi connectivity index (χ1) is 26.8. The van der Waals surface area contributed by atoms with Crippen LogP contribution in [0.15, 0.2) is 170 Å². The monoisotopic (exact) mass is 708 g/mol. The van der Waals surface area contributed by atoms with Gasteiger partial charge in [-0.1, -0.05) is 91.0 Å². The largest absolute Gasteiger partial charge is 0.307 e. The molecular weight excluding hydrogens is 681 g/mol. The number of aromatic nitrogens is 6. The summed E-state index contributed by atoms with van der Waals surface area (Å²) >= 11 is 1.81. The molecule has 12 aromatic rings. The molecule has 0 aliphatic carbocycles. The molecular formula is C47H28N6S. The number of thiophene rings is 1. The van der Waals surface area contributed by atoms with E-state index < -0.39 is 0 Å². The number of fused-ring (bicyclic) bond motifs is 12. The molecule has 0 bridgehead atoms. The zero-order chi connectivity index (χ0) is 35.3. The van der Waals surface area contributed by atoms with Crippen LogP contribution in [-0.4, -0.2) is 28.5 Å². The van der Waals surface area contributed by atoms with Crippen LogP contribution in [0, 0.1) is 0 Å². The molecule has 0 aliphatic heterocycles. The molecule has 0 amide bonds. The van der Waals surface area contributed by atoms with Crippen molar-refractivity contribution >= 4 is 81.2 Å². The number of para-hydroxylation sites is 4. The third-order valence-electron chi connectivity index (χ3n) is 10.8. The van der Waals surface area contributed by atoms with Gasteiger partial charge in [0.05, 0.1) is 43.7 Å². The van der Waals surface area contributed by atoms with E-state index in [4.69, 9.17) is 9.97 Å². The molecule has 0 spiro atoms. The summed E-state index contributed by atoms with van der Waals surface area (Å²) in [5, 5.41) is 4.74. The SMILES string of the molecule is c1ccc(-n2c3ccncc3c3ccc4c(nc5n(-c6ccccc6-c6ccccc6-c6nccc7c6sc6ccccc67)c6ccccc6n45)c32)cc1. The van der Waals surface area contributed by atoms with Crippen LogP contribution in [0.3, 0.4) is 0 Å². The molecule has 0 unspecified atom stereocenters. The summed E-state index contributed by atoms with van der Waals surface area (Å²) in [6.45, 7) is 0. The molecule has 0 atom stereocenters. The van der Waals surface area contributed by atoms with Crippen molar-refractivity contribution in [1.29, 1.82) is 0 Å². The fraction of sp³-hybridized carbons (Fsp3) is 0. The minimum atomic E-state index is 0.858. The van der Waals surface area contributed by atoms with Crippen LogP contribution in [0.25, 0.3) is 104 Å². The molecule has 6 heterocycles. The van der Waals surface area contributed by atoms with Gasteiger partial charge in [0.2, 0.25) is 5.78 Å². The first kappa shape index (κ1) is 29.5. The van der Waals surface area contributed by atoms with Crippen LogP contribution >= 0.6 is 11.3 Å². The minimum absolute atomic E-state index is 0.858. The van der Waals surface area contributed by atoms with Gasteiger partial charge in [0.25, 0.3) is 0 Å². The fourth-order valence-electron chi connectivity index (χ4n) is 8.56. The maximum absolute atomic E-state index is 5.59. The Hall–Kier alpha value is -7.09. The van der Waals surface area contributed by atoms with E-state index in [1.54, 1.807) is 0 Å². The van der Waals surface area contributed by atoms with Crippen molar-refractivity contribution in [2.24, 2.45) is 0 Å². The first-order valence-corrected chi connectivity index (χ1v) is 18.8. The van der Waals surface area contributed by atoms with E-state index in [9.17, 15) is 0 Å². The van der Waals surface area contributed by atoms with Gasteiger partial charge in [0.15, 0.2) is 0 Å². The Labute approximate surface area is 312 Å². The smallest absolute Gasteiger partial charge is 0.220 e. The highest BCUT2D eigenvalue weighted by atomic mass is 32.1. The van der Waals surface area contributed by atoms with Crippen LogP contribution in [0.4, 0.5) is 0 Å². The van der Waals surface area contributed by atoms with E-state index in [1.165, 1.54) is 20.2 Å². The molecule has 12 rings (SSSR count). The Morgan fingerprint density at radius 1 is 0.481 bits per heavy atom. The molecule has 0 fully saturated rings. The van der Waals surface area contributed by atoms with Crippen molar-refractivity contribution in [2.75, 3.05) is 0 Å². The second-order valence-corrected chi connectivity index (χ2v) is 14.7. The number of pyridine rings is 2. The summed E-state index contributed by atoms with van der Waals surface area (Å²) in [4.78, 5) is 15.2. The van der Waals surface area contributed by atoms with Crippen LogP contribution in [-0.2, 0) is 0 Å². The Morgan fingerprint density at radius 3 is 2.15 bits per heavy atom. The summed E-state index contributed by atoms with van der Waals surface area (Å²) in [5.41, 5.74) is 12.8. The van der Waals surface area contributed by atoms with Crippen molar-refractivity contribution in [1.82, 2.24) is 28.5 Å². The van der Waals surface area contributed by atoms with Crippen LogP contribution < -0.4 is 0 Å². The maximum atomic E-state index is 5.59. The average Bonchev–Trinajstić information content (AvgIpc) is 3.98. The van der Waals surface area contributed by atoms with Gasteiger partial charge < -0.3 is 4.57 Å². The molecule has 6 aromatic carbocycles. The Kier molecular flexibility index (Phi) is 6.12. The van der Waals surface area contributed by atoms with Gasteiger partial charge in [-0.3, -0.25) is 18.9 Å². The van der Waals surface area contributed by atoms with Gasteiger partial charge in [-0.25, -0.2) is 4.98 Å². The quantitative estimate of drug-likeness (QED) is 0.183. The molecule has 54 heavy (non-hydrogen) atoms. The molecule has 0 N–H and O–H groups in total. The molecule has 0 saturated heterocycles. The van der Waals surface area contributed by atoms with E-state index in [2.05, 4.69) is 170 Å². The summed E-state index contributed by atoms with van der Waals surface area (Å²) in [5.74, 6) is 0.858. The van der Waals surface area contributed by atoms with Gasteiger partial charge in [-0.05, 0) is 66.2 Å². The summed E-state index contributed by atoms with van der Waals surface area (Å²) in [7, 11) is 0. The van der Waals surface area contributed by atoms with Crippen LogP contribution in [0.1, 0.15) is 0 Å². The lowest BCUT2D eigenvalue weighted by atomic mass is 9.95. The van der Waals surface area contributed by atoms with Crippen LogP contribution in [0.5, 0.6) is 0 Å². The molecule has 252 valence electrons. The summed E-state index contributed by atoms with van der Waals surface area (Å²) in [6, 6.07) is 53.9. The Bertz CT molecular complexity index is 3460. The van der Waals surface area contributed by atoms with Crippen molar-refractivity contribution in [2.45, 2.75) is 0 Å². The zero-order valence-corrected chi connectivity index (χ0v) is 29.6. The molecule has 0 aliphatic rings. The van der Waals surface area contributed by atoms with Crippen molar-refractivity contribution in [3.63, 3.8) is 0 Å². The highest BCUT2D eigenvalue weighted by Gasteiger charge is 2.24. The van der Waals surface area contributed by atoms with Crippen molar-refractivity contribution < 1.29 is 0 Å². The number of nitrogens with zero attached hydrogens (tertiary/aromatic N) is 6. The van der Waals surface area contributed by atoms with E-state index >= 15 is 0 Å². The van der Waals surface area contributed by atoms with Gasteiger partial charge in [0.1, 0.15) is 5.52 Å². The predicted octanol–water partition coefficient (Wildman–Crippen LogP) is 12.0. The van der Waals surface area contributed by atoms with E-state index in [0.29, 0.717) is 0 Å². The Balaban J connectivity index is 1.16. The average molecular weight is 709 g/mol. The third-order valence-corrected chi connectivity index (χ3v) is 12.0. The third kappa shape index (κ3) is 4.01. The number of benzene rings is 6. The molecule has 6 nitrogen and oxygen atoms in total.